The highest BCUT2D eigenvalue weighted by molar-refractivity contribution is 5.74. The van der Waals surface area contributed by atoms with Crippen LogP contribution in [-0.2, 0) is 0 Å². The number of aliphatic imine (C=N–C) groups is 1. The molecule has 0 aromatic carbocycles. The topological polar surface area (TPSA) is 12.4 Å². The minimum atomic E-state index is -0.692. The molecule has 8 heavy (non-hydrogen) atoms. The van der Waals surface area contributed by atoms with Crippen molar-refractivity contribution >= 4 is 6.21 Å². The molecular formula is C5H5F2N. The Morgan fingerprint density at radius 1 is 1.62 bits per heavy atom. The molecule has 0 spiro atoms. The van der Waals surface area contributed by atoms with E-state index in [1.165, 1.54) is 0 Å². The second kappa shape index (κ2) is 4.18. The molecule has 0 atom stereocenters. The third-order valence-corrected chi connectivity index (χ3v) is 0.357. The molecule has 1 nitrogen and oxygen atoms in total. The van der Waals surface area contributed by atoms with Crippen molar-refractivity contribution in [2.45, 2.75) is 0 Å². The van der Waals surface area contributed by atoms with Gasteiger partial charge in [0.2, 0.25) is 0 Å². The molecular weight excluding hydrogens is 112 g/mol. The Bertz CT molecular complexity index is 126. The van der Waals surface area contributed by atoms with Crippen molar-refractivity contribution in [3.8, 4) is 0 Å². The molecule has 0 saturated carbocycles. The average molecular weight is 117 g/mol. The first-order valence-corrected chi connectivity index (χ1v) is 1.90. The summed E-state index contributed by atoms with van der Waals surface area (Å²) in [6.07, 6.45) is 1.85. The lowest BCUT2D eigenvalue weighted by Crippen LogP contribution is -1.66. The first kappa shape index (κ1) is 7.01. The number of hydrogen-bond donors (Lipinski definition) is 0. The first-order valence-electron chi connectivity index (χ1n) is 1.90. The lowest BCUT2D eigenvalue weighted by Gasteiger charge is -1.73. The maximum Gasteiger partial charge on any atom is 0.134 e. The van der Waals surface area contributed by atoms with Crippen molar-refractivity contribution < 1.29 is 8.78 Å². The smallest absolute Gasteiger partial charge is 0.134 e. The molecule has 0 heterocycles. The van der Waals surface area contributed by atoms with E-state index < -0.39 is 5.83 Å². The molecule has 0 N–H and O–H groups in total. The van der Waals surface area contributed by atoms with Gasteiger partial charge in [-0.3, -0.25) is 4.99 Å². The molecule has 44 valence electrons. The summed E-state index contributed by atoms with van der Waals surface area (Å²) in [5.41, 5.74) is 0. The maximum absolute atomic E-state index is 11.5. The second-order valence-electron chi connectivity index (χ2n) is 1.00. The van der Waals surface area contributed by atoms with Gasteiger partial charge in [0.1, 0.15) is 12.2 Å². The third kappa shape index (κ3) is 5.01. The van der Waals surface area contributed by atoms with E-state index in [4.69, 9.17) is 0 Å². The Labute approximate surface area is 46.0 Å². The number of nitrogens with zero attached hydrogens (tertiary/aromatic N) is 1. The SMILES string of the molecule is C=C(F)C=NC=CF. The van der Waals surface area contributed by atoms with Crippen LogP contribution in [0.2, 0.25) is 0 Å². The fourth-order valence-corrected chi connectivity index (χ4v) is 0.156. The van der Waals surface area contributed by atoms with E-state index in [-0.39, 0.29) is 6.33 Å². The van der Waals surface area contributed by atoms with Crippen LogP contribution in [0.1, 0.15) is 0 Å². The molecule has 0 aliphatic rings. The normalized spacial score (nSPS) is 11.2. The zero-order valence-corrected chi connectivity index (χ0v) is 4.14. The molecule has 0 amide bonds. The fraction of sp³-hybridized carbons (Fsp3) is 0. The molecule has 0 aliphatic heterocycles. The largest absolute Gasteiger partial charge is 0.259 e. The summed E-state index contributed by atoms with van der Waals surface area (Å²) in [5, 5.41) is 0. The highest BCUT2D eigenvalue weighted by atomic mass is 19.1. The van der Waals surface area contributed by atoms with Crippen molar-refractivity contribution in [1.82, 2.24) is 0 Å². The summed E-state index contributed by atoms with van der Waals surface area (Å²) < 4.78 is 22.5. The molecule has 0 bridgehead atoms. The van der Waals surface area contributed by atoms with Gasteiger partial charge >= 0.3 is 0 Å². The van der Waals surface area contributed by atoms with E-state index in [9.17, 15) is 8.78 Å². The second-order valence-corrected chi connectivity index (χ2v) is 1.00. The molecule has 0 rings (SSSR count). The van der Waals surface area contributed by atoms with E-state index in [2.05, 4.69) is 11.6 Å². The van der Waals surface area contributed by atoms with Crippen molar-refractivity contribution in [1.29, 1.82) is 0 Å². The fourth-order valence-electron chi connectivity index (χ4n) is 0.156. The molecule has 0 aliphatic carbocycles. The van der Waals surface area contributed by atoms with Crippen molar-refractivity contribution in [3.63, 3.8) is 0 Å². The van der Waals surface area contributed by atoms with Crippen LogP contribution < -0.4 is 0 Å². The Balaban J connectivity index is 3.50. The van der Waals surface area contributed by atoms with Crippen LogP contribution in [-0.4, -0.2) is 6.21 Å². The van der Waals surface area contributed by atoms with Crippen LogP contribution >= 0.6 is 0 Å². The van der Waals surface area contributed by atoms with E-state index in [0.717, 1.165) is 12.4 Å². The Morgan fingerprint density at radius 2 is 2.25 bits per heavy atom. The van der Waals surface area contributed by atoms with Gasteiger partial charge in [0.15, 0.2) is 0 Å². The summed E-state index contributed by atoms with van der Waals surface area (Å²) >= 11 is 0. The maximum atomic E-state index is 11.5. The van der Waals surface area contributed by atoms with Crippen LogP contribution in [0.4, 0.5) is 8.78 Å². The molecule has 0 aromatic rings. The summed E-state index contributed by atoms with van der Waals surface area (Å²) in [5.74, 6) is -0.692. The third-order valence-electron chi connectivity index (χ3n) is 0.357. The number of allylic oxidation sites excluding steroid dienone is 1. The van der Waals surface area contributed by atoms with E-state index >= 15 is 0 Å². The summed E-state index contributed by atoms with van der Waals surface area (Å²) in [4.78, 5) is 3.13. The Morgan fingerprint density at radius 3 is 2.62 bits per heavy atom. The first-order chi connectivity index (χ1) is 3.77. The van der Waals surface area contributed by atoms with Crippen molar-refractivity contribution in [2.24, 2.45) is 4.99 Å². The Kier molecular flexibility index (Phi) is 3.66. The minimum absolute atomic E-state index is 0.208. The number of hydrogen-bond acceptors (Lipinski definition) is 1. The number of halogens is 2. The van der Waals surface area contributed by atoms with Crippen molar-refractivity contribution in [2.75, 3.05) is 0 Å². The zero-order valence-electron chi connectivity index (χ0n) is 4.14. The van der Waals surface area contributed by atoms with Crippen molar-refractivity contribution in [3.05, 3.63) is 24.9 Å². The van der Waals surface area contributed by atoms with Gasteiger partial charge in [-0.2, -0.15) is 0 Å². The quantitative estimate of drug-likeness (QED) is 0.490. The minimum Gasteiger partial charge on any atom is -0.259 e. The van der Waals surface area contributed by atoms with Gasteiger partial charge < -0.3 is 0 Å². The van der Waals surface area contributed by atoms with Crippen LogP contribution in [0.5, 0.6) is 0 Å². The van der Waals surface area contributed by atoms with E-state index in [0.29, 0.717) is 0 Å². The van der Waals surface area contributed by atoms with Gasteiger partial charge in [-0.25, -0.2) is 8.78 Å². The molecule has 0 fully saturated rings. The van der Waals surface area contributed by atoms with Crippen LogP contribution in [0.25, 0.3) is 0 Å². The number of rotatable bonds is 2. The summed E-state index contributed by atoms with van der Waals surface area (Å²) in [7, 11) is 0. The highest BCUT2D eigenvalue weighted by Crippen LogP contribution is 1.84. The summed E-state index contributed by atoms with van der Waals surface area (Å²) in [6.45, 7) is 2.85. The van der Waals surface area contributed by atoms with Gasteiger partial charge in [-0.1, -0.05) is 6.58 Å². The van der Waals surface area contributed by atoms with Gasteiger partial charge in [0.25, 0.3) is 0 Å². The molecule has 0 radical (unpaired) electrons. The van der Waals surface area contributed by atoms with E-state index in [1.54, 1.807) is 0 Å². The lowest BCUT2D eigenvalue weighted by atomic mass is 10.7. The van der Waals surface area contributed by atoms with Gasteiger partial charge in [0, 0.05) is 0 Å². The van der Waals surface area contributed by atoms with Gasteiger partial charge in [-0.05, 0) is 0 Å². The van der Waals surface area contributed by atoms with Gasteiger partial charge in [0.05, 0.1) is 12.4 Å². The van der Waals surface area contributed by atoms with Crippen LogP contribution in [0.3, 0.4) is 0 Å². The lowest BCUT2D eigenvalue weighted by molar-refractivity contribution is 0.690. The molecule has 0 unspecified atom stereocenters. The van der Waals surface area contributed by atoms with Gasteiger partial charge in [-0.15, -0.1) is 0 Å². The zero-order chi connectivity index (χ0) is 6.41. The molecule has 3 heteroatoms. The van der Waals surface area contributed by atoms with Crippen LogP contribution in [0.15, 0.2) is 29.9 Å². The Hall–Kier alpha value is -0.990. The highest BCUT2D eigenvalue weighted by Gasteiger charge is 1.74. The predicted octanol–water partition coefficient (Wildman–Crippen LogP) is 1.98. The average Bonchev–Trinajstić information content (AvgIpc) is 1.66. The summed E-state index contributed by atoms with van der Waals surface area (Å²) in [6, 6.07) is 0. The standard InChI is InChI=1S/C5H5F2N/c1-5(7)4-8-3-2-6/h2-4H,1H2. The van der Waals surface area contributed by atoms with Crippen LogP contribution in [0, 0.1) is 0 Å². The predicted molar refractivity (Wildman–Crippen MR) is 29.0 cm³/mol. The monoisotopic (exact) mass is 117 g/mol. The molecule has 0 saturated heterocycles. The molecule has 0 aromatic heterocycles. The van der Waals surface area contributed by atoms with E-state index in [1.807, 2.05) is 0 Å².